The SMILES string of the molecule is O=C(c1ccc(C2CCCCC2)cc1)C(O)O.[H-].[Na+]. The molecule has 1 aliphatic carbocycles. The van der Waals surface area contributed by atoms with Gasteiger partial charge in [0.05, 0.1) is 0 Å². The van der Waals surface area contributed by atoms with E-state index in [4.69, 9.17) is 10.2 Å². The molecule has 0 spiro atoms. The van der Waals surface area contributed by atoms with Crippen LogP contribution in [0.2, 0.25) is 0 Å². The third-order valence-corrected chi connectivity index (χ3v) is 3.51. The summed E-state index contributed by atoms with van der Waals surface area (Å²) in [5.74, 6) is -0.0350. The minimum Gasteiger partial charge on any atom is -1.00 e. The predicted octanol–water partition coefficient (Wildman–Crippen LogP) is -0.656. The number of aliphatic hydroxyl groups excluding tert-OH is 1. The van der Waals surface area contributed by atoms with Gasteiger partial charge in [-0.25, -0.2) is 0 Å². The number of aliphatic hydroxyl groups is 2. The number of Topliss-reactive ketones (excluding diaryl/α,β-unsaturated/α-hetero) is 1. The van der Waals surface area contributed by atoms with Gasteiger partial charge in [0.25, 0.3) is 0 Å². The van der Waals surface area contributed by atoms with Gasteiger partial charge < -0.3 is 11.6 Å². The van der Waals surface area contributed by atoms with Gasteiger partial charge in [-0.15, -0.1) is 0 Å². The van der Waals surface area contributed by atoms with Crippen LogP contribution in [0, 0.1) is 0 Å². The Morgan fingerprint density at radius 3 is 2.17 bits per heavy atom. The first-order valence-corrected chi connectivity index (χ1v) is 6.19. The molecule has 0 saturated heterocycles. The van der Waals surface area contributed by atoms with Crippen LogP contribution in [0.5, 0.6) is 0 Å². The van der Waals surface area contributed by atoms with Crippen LogP contribution < -0.4 is 29.6 Å². The molecule has 18 heavy (non-hydrogen) atoms. The maximum Gasteiger partial charge on any atom is 1.00 e. The summed E-state index contributed by atoms with van der Waals surface area (Å²) >= 11 is 0. The quantitative estimate of drug-likeness (QED) is 0.430. The summed E-state index contributed by atoms with van der Waals surface area (Å²) in [7, 11) is 0. The fraction of sp³-hybridized carbons (Fsp3) is 0.500. The number of ketones is 1. The Labute approximate surface area is 131 Å². The summed E-state index contributed by atoms with van der Waals surface area (Å²) < 4.78 is 0. The molecular formula is C14H19NaO3. The Morgan fingerprint density at radius 1 is 1.11 bits per heavy atom. The number of carbonyl (C=O) groups excluding carboxylic acids is 1. The van der Waals surface area contributed by atoms with E-state index in [-0.39, 0.29) is 31.0 Å². The molecule has 0 radical (unpaired) electrons. The van der Waals surface area contributed by atoms with Crippen molar-refractivity contribution in [2.45, 2.75) is 44.3 Å². The normalized spacial score (nSPS) is 16.4. The summed E-state index contributed by atoms with van der Waals surface area (Å²) in [6, 6.07) is 7.24. The standard InChI is InChI=1S/C14H18O3.Na.H/c15-13(14(16)17)12-8-6-11(7-9-12)10-4-2-1-3-5-10;;/h6-10,14,16-17H,1-5H2;;/q;+1;-1. The fourth-order valence-electron chi connectivity index (χ4n) is 2.50. The van der Waals surface area contributed by atoms with E-state index >= 15 is 0 Å². The summed E-state index contributed by atoms with van der Waals surface area (Å²) in [5.41, 5.74) is 1.62. The van der Waals surface area contributed by atoms with E-state index in [0.717, 1.165) is 0 Å². The van der Waals surface area contributed by atoms with Crippen LogP contribution in [0.4, 0.5) is 0 Å². The van der Waals surface area contributed by atoms with E-state index in [9.17, 15) is 4.79 Å². The van der Waals surface area contributed by atoms with Crippen LogP contribution in [0.15, 0.2) is 24.3 Å². The van der Waals surface area contributed by atoms with Crippen LogP contribution in [-0.2, 0) is 0 Å². The zero-order valence-corrected chi connectivity index (χ0v) is 12.8. The Morgan fingerprint density at radius 2 is 1.67 bits per heavy atom. The second-order valence-electron chi connectivity index (χ2n) is 4.69. The zero-order valence-electron chi connectivity index (χ0n) is 11.8. The van der Waals surface area contributed by atoms with E-state index in [1.165, 1.54) is 37.7 Å². The van der Waals surface area contributed by atoms with Crippen molar-refractivity contribution >= 4 is 5.78 Å². The van der Waals surface area contributed by atoms with E-state index in [1.54, 1.807) is 12.1 Å². The maximum absolute atomic E-state index is 11.3. The summed E-state index contributed by atoms with van der Waals surface area (Å²) in [4.78, 5) is 11.3. The molecule has 94 valence electrons. The first kappa shape index (κ1) is 15.9. The van der Waals surface area contributed by atoms with Crippen molar-refractivity contribution in [3.63, 3.8) is 0 Å². The third kappa shape index (κ3) is 3.90. The third-order valence-electron chi connectivity index (χ3n) is 3.51. The fourth-order valence-corrected chi connectivity index (χ4v) is 2.50. The van der Waals surface area contributed by atoms with Crippen molar-refractivity contribution in [2.75, 3.05) is 0 Å². The molecule has 0 heterocycles. The molecule has 1 aromatic carbocycles. The Bertz CT molecular complexity index is 386. The molecule has 1 fully saturated rings. The molecule has 0 aliphatic heterocycles. The number of rotatable bonds is 3. The first-order chi connectivity index (χ1) is 8.18. The van der Waals surface area contributed by atoms with Crippen molar-refractivity contribution in [1.82, 2.24) is 0 Å². The molecular weight excluding hydrogens is 239 g/mol. The largest absolute Gasteiger partial charge is 1.00 e. The van der Waals surface area contributed by atoms with Gasteiger partial charge in [-0.3, -0.25) is 4.79 Å². The van der Waals surface area contributed by atoms with E-state index in [0.29, 0.717) is 11.5 Å². The molecule has 0 aromatic heterocycles. The van der Waals surface area contributed by atoms with Gasteiger partial charge in [-0.1, -0.05) is 43.5 Å². The number of benzene rings is 1. The summed E-state index contributed by atoms with van der Waals surface area (Å²) in [6.07, 6.45) is 4.41. The Hall–Kier alpha value is -0.190. The molecule has 0 unspecified atom stereocenters. The van der Waals surface area contributed by atoms with E-state index < -0.39 is 12.1 Å². The molecule has 0 atom stereocenters. The van der Waals surface area contributed by atoms with Crippen LogP contribution >= 0.6 is 0 Å². The van der Waals surface area contributed by atoms with Crippen LogP contribution in [0.3, 0.4) is 0 Å². The Kier molecular flexibility index (Phi) is 6.53. The van der Waals surface area contributed by atoms with Gasteiger partial charge in [0.1, 0.15) is 0 Å². The molecule has 1 aliphatic rings. The van der Waals surface area contributed by atoms with Crippen molar-refractivity contribution in [3.8, 4) is 0 Å². The van der Waals surface area contributed by atoms with Gasteiger partial charge >= 0.3 is 29.6 Å². The van der Waals surface area contributed by atoms with Crippen LogP contribution in [0.25, 0.3) is 0 Å². The number of hydrogen-bond donors (Lipinski definition) is 2. The van der Waals surface area contributed by atoms with Crippen molar-refractivity contribution in [1.29, 1.82) is 0 Å². The zero-order chi connectivity index (χ0) is 12.3. The predicted molar refractivity (Wildman–Crippen MR) is 65.9 cm³/mol. The van der Waals surface area contributed by atoms with Crippen molar-refractivity contribution in [2.24, 2.45) is 0 Å². The molecule has 0 amide bonds. The van der Waals surface area contributed by atoms with E-state index in [2.05, 4.69) is 0 Å². The minimum absolute atomic E-state index is 0. The molecule has 4 heteroatoms. The summed E-state index contributed by atoms with van der Waals surface area (Å²) in [6.45, 7) is 0. The molecule has 1 aromatic rings. The molecule has 2 rings (SSSR count). The van der Waals surface area contributed by atoms with Gasteiger partial charge in [-0.2, -0.15) is 0 Å². The second kappa shape index (κ2) is 7.41. The molecule has 3 nitrogen and oxygen atoms in total. The van der Waals surface area contributed by atoms with Crippen molar-refractivity contribution in [3.05, 3.63) is 35.4 Å². The Balaban J connectivity index is 0.00000162. The number of hydrogen-bond acceptors (Lipinski definition) is 3. The average Bonchev–Trinajstić information content (AvgIpc) is 2.39. The number of carbonyl (C=O) groups is 1. The smallest absolute Gasteiger partial charge is 1.00 e. The monoisotopic (exact) mass is 258 g/mol. The van der Waals surface area contributed by atoms with Crippen LogP contribution in [0.1, 0.15) is 55.4 Å². The first-order valence-electron chi connectivity index (χ1n) is 6.19. The van der Waals surface area contributed by atoms with Crippen LogP contribution in [-0.4, -0.2) is 22.3 Å². The van der Waals surface area contributed by atoms with E-state index in [1.807, 2.05) is 12.1 Å². The summed E-state index contributed by atoms with van der Waals surface area (Å²) in [5, 5.41) is 17.6. The van der Waals surface area contributed by atoms with Gasteiger partial charge in [0.15, 0.2) is 0 Å². The molecule has 1 saturated carbocycles. The minimum atomic E-state index is -1.91. The topological polar surface area (TPSA) is 57.5 Å². The van der Waals surface area contributed by atoms with Gasteiger partial charge in [0.2, 0.25) is 12.1 Å². The maximum atomic E-state index is 11.3. The van der Waals surface area contributed by atoms with Crippen molar-refractivity contribution < 1.29 is 46.0 Å². The van der Waals surface area contributed by atoms with Gasteiger partial charge in [-0.05, 0) is 24.3 Å². The average molecular weight is 258 g/mol. The second-order valence-corrected chi connectivity index (χ2v) is 4.69. The van der Waals surface area contributed by atoms with Gasteiger partial charge in [0, 0.05) is 5.56 Å². The molecule has 2 N–H and O–H groups in total. The molecule has 0 bridgehead atoms.